The Morgan fingerprint density at radius 1 is 1.27 bits per heavy atom. The van der Waals surface area contributed by atoms with Crippen LogP contribution in [0.15, 0.2) is 0 Å². The third kappa shape index (κ3) is 3.16. The van der Waals surface area contributed by atoms with Crippen molar-refractivity contribution in [2.75, 3.05) is 32.8 Å². The minimum absolute atomic E-state index is 0.0537. The first-order valence-corrected chi connectivity index (χ1v) is 6.35. The maximum Gasteiger partial charge on any atom is 0.0615 e. The van der Waals surface area contributed by atoms with Gasteiger partial charge in [-0.1, -0.05) is 26.7 Å². The van der Waals surface area contributed by atoms with E-state index >= 15 is 0 Å². The summed E-state index contributed by atoms with van der Waals surface area (Å²) in [6.07, 6.45) is 4.63. The lowest BCUT2D eigenvalue weighted by Gasteiger charge is -2.44. The van der Waals surface area contributed by atoms with Crippen LogP contribution in [-0.4, -0.2) is 48.3 Å². The summed E-state index contributed by atoms with van der Waals surface area (Å²) < 4.78 is 0. The minimum atomic E-state index is 0.0537. The molecule has 1 atom stereocenters. The molecule has 0 saturated carbocycles. The lowest BCUT2D eigenvalue weighted by atomic mass is 9.88. The molecule has 3 heteroatoms. The van der Waals surface area contributed by atoms with Gasteiger partial charge in [-0.05, 0) is 12.8 Å². The Bertz CT molecular complexity index is 163. The number of rotatable bonds is 6. The molecule has 1 saturated heterocycles. The van der Waals surface area contributed by atoms with Crippen LogP contribution in [0, 0.1) is 0 Å². The predicted molar refractivity (Wildman–Crippen MR) is 64.1 cm³/mol. The number of nitrogens with zero attached hydrogens (tertiary/aromatic N) is 1. The summed E-state index contributed by atoms with van der Waals surface area (Å²) in [5.74, 6) is 0. The molecule has 0 aromatic heterocycles. The van der Waals surface area contributed by atoms with Crippen LogP contribution in [0.1, 0.15) is 39.5 Å². The largest absolute Gasteiger partial charge is 0.394 e. The summed E-state index contributed by atoms with van der Waals surface area (Å²) >= 11 is 0. The molecule has 0 aromatic rings. The summed E-state index contributed by atoms with van der Waals surface area (Å²) in [5, 5.41) is 13.1. The quantitative estimate of drug-likeness (QED) is 0.698. The lowest BCUT2D eigenvalue weighted by molar-refractivity contribution is 0.00928. The molecular weight excluding hydrogens is 188 g/mol. The molecule has 1 unspecified atom stereocenters. The summed E-state index contributed by atoms with van der Waals surface area (Å²) in [6.45, 7) is 9.02. The fourth-order valence-electron chi connectivity index (χ4n) is 2.49. The first kappa shape index (κ1) is 12.9. The zero-order valence-corrected chi connectivity index (χ0v) is 10.3. The number of hydrogen-bond acceptors (Lipinski definition) is 3. The Morgan fingerprint density at radius 3 is 2.40 bits per heavy atom. The van der Waals surface area contributed by atoms with Crippen LogP contribution < -0.4 is 5.32 Å². The van der Waals surface area contributed by atoms with Crippen LogP contribution in [0.2, 0.25) is 0 Å². The van der Waals surface area contributed by atoms with Crippen molar-refractivity contribution in [2.24, 2.45) is 0 Å². The van der Waals surface area contributed by atoms with Gasteiger partial charge in [0.15, 0.2) is 0 Å². The van der Waals surface area contributed by atoms with Crippen molar-refractivity contribution in [3.63, 3.8) is 0 Å². The first-order chi connectivity index (χ1) is 7.29. The van der Waals surface area contributed by atoms with Gasteiger partial charge in [0.1, 0.15) is 0 Å². The van der Waals surface area contributed by atoms with Gasteiger partial charge in [-0.25, -0.2) is 0 Å². The molecule has 0 spiro atoms. The Balaban J connectivity index is 2.59. The van der Waals surface area contributed by atoms with E-state index in [1.165, 1.54) is 12.8 Å². The predicted octanol–water partition coefficient (Wildman–Crippen LogP) is 1.22. The van der Waals surface area contributed by atoms with Crippen molar-refractivity contribution in [1.29, 1.82) is 0 Å². The number of unbranched alkanes of at least 4 members (excludes halogenated alkanes) is 1. The molecule has 0 bridgehead atoms. The van der Waals surface area contributed by atoms with Crippen LogP contribution in [0.25, 0.3) is 0 Å². The van der Waals surface area contributed by atoms with E-state index in [-0.39, 0.29) is 5.54 Å². The Morgan fingerprint density at radius 2 is 1.93 bits per heavy atom. The van der Waals surface area contributed by atoms with Crippen molar-refractivity contribution >= 4 is 0 Å². The SMILES string of the molecule is CCCCC(CC)(CO)N1CCNCC1. The van der Waals surface area contributed by atoms with Gasteiger partial charge in [0.05, 0.1) is 6.61 Å². The average Bonchev–Trinajstić information content (AvgIpc) is 2.33. The van der Waals surface area contributed by atoms with E-state index in [1.807, 2.05) is 0 Å². The second-order valence-corrected chi connectivity index (χ2v) is 4.58. The van der Waals surface area contributed by atoms with E-state index in [0.717, 1.165) is 39.0 Å². The molecule has 1 aliphatic heterocycles. The molecule has 15 heavy (non-hydrogen) atoms. The Hall–Kier alpha value is -0.120. The third-order valence-electron chi connectivity index (χ3n) is 3.74. The molecule has 0 radical (unpaired) electrons. The van der Waals surface area contributed by atoms with Crippen molar-refractivity contribution in [2.45, 2.75) is 45.1 Å². The number of nitrogens with one attached hydrogen (secondary N) is 1. The van der Waals surface area contributed by atoms with E-state index < -0.39 is 0 Å². The topological polar surface area (TPSA) is 35.5 Å². The lowest BCUT2D eigenvalue weighted by Crippen LogP contribution is -2.57. The van der Waals surface area contributed by atoms with E-state index in [2.05, 4.69) is 24.1 Å². The maximum atomic E-state index is 9.69. The molecule has 0 aliphatic carbocycles. The summed E-state index contributed by atoms with van der Waals surface area (Å²) in [5.41, 5.74) is 0.0537. The molecule has 2 N–H and O–H groups in total. The number of piperazine rings is 1. The Kier molecular flexibility index (Phi) is 5.58. The van der Waals surface area contributed by atoms with Gasteiger partial charge in [-0.15, -0.1) is 0 Å². The molecule has 1 aliphatic rings. The average molecular weight is 214 g/mol. The summed E-state index contributed by atoms with van der Waals surface area (Å²) in [4.78, 5) is 2.49. The fraction of sp³-hybridized carbons (Fsp3) is 1.00. The smallest absolute Gasteiger partial charge is 0.0615 e. The highest BCUT2D eigenvalue weighted by molar-refractivity contribution is 4.91. The standard InChI is InChI=1S/C12H26N2O/c1-3-5-6-12(4-2,11-15)14-9-7-13-8-10-14/h13,15H,3-11H2,1-2H3. The van der Waals surface area contributed by atoms with Crippen molar-refractivity contribution in [3.05, 3.63) is 0 Å². The van der Waals surface area contributed by atoms with Gasteiger partial charge >= 0.3 is 0 Å². The highest BCUT2D eigenvalue weighted by Crippen LogP contribution is 2.26. The second-order valence-electron chi connectivity index (χ2n) is 4.58. The van der Waals surface area contributed by atoms with Crippen LogP contribution >= 0.6 is 0 Å². The van der Waals surface area contributed by atoms with E-state index in [9.17, 15) is 5.11 Å². The van der Waals surface area contributed by atoms with Gasteiger partial charge < -0.3 is 10.4 Å². The molecule has 1 rings (SSSR count). The molecule has 90 valence electrons. The van der Waals surface area contributed by atoms with Crippen molar-refractivity contribution < 1.29 is 5.11 Å². The van der Waals surface area contributed by atoms with Crippen LogP contribution in [0.5, 0.6) is 0 Å². The number of hydrogen-bond donors (Lipinski definition) is 2. The zero-order chi connectivity index (χ0) is 11.1. The van der Waals surface area contributed by atoms with Crippen molar-refractivity contribution in [3.8, 4) is 0 Å². The molecule has 0 amide bonds. The van der Waals surface area contributed by atoms with Crippen LogP contribution in [0.3, 0.4) is 0 Å². The highest BCUT2D eigenvalue weighted by atomic mass is 16.3. The Labute approximate surface area is 93.9 Å². The molecule has 1 heterocycles. The summed E-state index contributed by atoms with van der Waals surface area (Å²) in [6, 6.07) is 0. The number of aliphatic hydroxyl groups excluding tert-OH is 1. The molecular formula is C12H26N2O. The molecule has 3 nitrogen and oxygen atoms in total. The number of aliphatic hydroxyl groups is 1. The minimum Gasteiger partial charge on any atom is -0.394 e. The van der Waals surface area contributed by atoms with Gasteiger partial charge in [0.25, 0.3) is 0 Å². The molecule has 0 aromatic carbocycles. The highest BCUT2D eigenvalue weighted by Gasteiger charge is 2.34. The van der Waals surface area contributed by atoms with Crippen molar-refractivity contribution in [1.82, 2.24) is 10.2 Å². The molecule has 1 fully saturated rings. The first-order valence-electron chi connectivity index (χ1n) is 6.35. The van der Waals surface area contributed by atoms with Crippen LogP contribution in [0.4, 0.5) is 0 Å². The van der Waals surface area contributed by atoms with Gasteiger partial charge in [0.2, 0.25) is 0 Å². The van der Waals surface area contributed by atoms with E-state index in [4.69, 9.17) is 0 Å². The fourth-order valence-corrected chi connectivity index (χ4v) is 2.49. The summed E-state index contributed by atoms with van der Waals surface area (Å²) in [7, 11) is 0. The van der Waals surface area contributed by atoms with E-state index in [1.54, 1.807) is 0 Å². The normalized spacial score (nSPS) is 22.6. The van der Waals surface area contributed by atoms with Gasteiger partial charge in [-0.2, -0.15) is 0 Å². The van der Waals surface area contributed by atoms with Gasteiger partial charge in [-0.3, -0.25) is 4.90 Å². The monoisotopic (exact) mass is 214 g/mol. The second kappa shape index (κ2) is 6.46. The zero-order valence-electron chi connectivity index (χ0n) is 10.3. The van der Waals surface area contributed by atoms with Crippen LogP contribution in [-0.2, 0) is 0 Å². The third-order valence-corrected chi connectivity index (χ3v) is 3.74. The van der Waals surface area contributed by atoms with Gasteiger partial charge in [0, 0.05) is 31.7 Å². The maximum absolute atomic E-state index is 9.69. The van der Waals surface area contributed by atoms with E-state index in [0.29, 0.717) is 6.61 Å².